The van der Waals surface area contributed by atoms with Crippen LogP contribution in [0, 0.1) is 0 Å². The van der Waals surface area contributed by atoms with E-state index in [1.807, 2.05) is 11.8 Å². The van der Waals surface area contributed by atoms with Crippen molar-refractivity contribution in [3.05, 3.63) is 54.2 Å². The minimum atomic E-state index is -0.585. The molecule has 3 aromatic rings. The molecule has 0 radical (unpaired) electrons. The first-order valence-corrected chi connectivity index (χ1v) is 11.2. The zero-order chi connectivity index (χ0) is 23.8. The molecule has 0 atom stereocenters. The molecule has 10 nitrogen and oxygen atoms in total. The number of carbonyl (C=O) groups is 2. The summed E-state index contributed by atoms with van der Waals surface area (Å²) in [5.41, 5.74) is 0.963. The minimum absolute atomic E-state index is 0.0594. The van der Waals surface area contributed by atoms with Crippen molar-refractivity contribution >= 4 is 11.9 Å². The SMILES string of the molecule is CCOc1cc(C(=O)OCc2nc(-c3cccnc3)no2)ccc1OCC(=O)N1CCCCC1. The number of carbonyl (C=O) groups excluding carboxylic acids is 2. The highest BCUT2D eigenvalue weighted by atomic mass is 16.6. The van der Waals surface area contributed by atoms with E-state index in [2.05, 4.69) is 15.1 Å². The monoisotopic (exact) mass is 466 g/mol. The van der Waals surface area contributed by atoms with Gasteiger partial charge >= 0.3 is 5.97 Å². The van der Waals surface area contributed by atoms with Gasteiger partial charge in [-0.1, -0.05) is 5.16 Å². The maximum Gasteiger partial charge on any atom is 0.338 e. The zero-order valence-electron chi connectivity index (χ0n) is 18.9. The van der Waals surface area contributed by atoms with Crippen LogP contribution in [0.2, 0.25) is 0 Å². The number of aromatic nitrogens is 3. The van der Waals surface area contributed by atoms with E-state index in [0.717, 1.165) is 32.4 Å². The van der Waals surface area contributed by atoms with Crippen LogP contribution in [0.3, 0.4) is 0 Å². The second-order valence-corrected chi connectivity index (χ2v) is 7.65. The van der Waals surface area contributed by atoms with Crippen LogP contribution >= 0.6 is 0 Å². The number of nitrogens with zero attached hydrogens (tertiary/aromatic N) is 4. The highest BCUT2D eigenvalue weighted by Gasteiger charge is 2.19. The summed E-state index contributed by atoms with van der Waals surface area (Å²) in [5, 5.41) is 3.87. The van der Waals surface area contributed by atoms with Crippen molar-refractivity contribution in [3.63, 3.8) is 0 Å². The Hall–Kier alpha value is -3.95. The lowest BCUT2D eigenvalue weighted by molar-refractivity contribution is -0.134. The van der Waals surface area contributed by atoms with Gasteiger partial charge in [-0.25, -0.2) is 4.79 Å². The van der Waals surface area contributed by atoms with E-state index in [9.17, 15) is 9.59 Å². The first-order valence-electron chi connectivity index (χ1n) is 11.2. The number of rotatable bonds is 9. The molecule has 0 bridgehead atoms. The van der Waals surface area contributed by atoms with E-state index < -0.39 is 5.97 Å². The van der Waals surface area contributed by atoms with Crippen LogP contribution in [0.4, 0.5) is 0 Å². The molecule has 1 aliphatic heterocycles. The van der Waals surface area contributed by atoms with Crippen molar-refractivity contribution in [1.29, 1.82) is 0 Å². The lowest BCUT2D eigenvalue weighted by Gasteiger charge is -2.26. The summed E-state index contributed by atoms with van der Waals surface area (Å²) in [6.07, 6.45) is 6.43. The second kappa shape index (κ2) is 11.3. The van der Waals surface area contributed by atoms with E-state index in [1.165, 1.54) is 6.07 Å². The Morgan fingerprint density at radius 3 is 2.71 bits per heavy atom. The number of piperidine rings is 1. The highest BCUT2D eigenvalue weighted by molar-refractivity contribution is 5.90. The predicted octanol–water partition coefficient (Wildman–Crippen LogP) is 3.28. The minimum Gasteiger partial charge on any atom is -0.490 e. The molecule has 3 heterocycles. The van der Waals surface area contributed by atoms with Crippen molar-refractivity contribution in [2.45, 2.75) is 32.8 Å². The van der Waals surface area contributed by atoms with Gasteiger partial charge in [0.15, 0.2) is 24.7 Å². The third-order valence-corrected chi connectivity index (χ3v) is 5.25. The van der Waals surface area contributed by atoms with Crippen LogP contribution in [0.5, 0.6) is 11.5 Å². The number of ether oxygens (including phenoxy) is 3. The predicted molar refractivity (Wildman–Crippen MR) is 120 cm³/mol. The molecule has 0 spiro atoms. The van der Waals surface area contributed by atoms with Gasteiger partial charge in [0.25, 0.3) is 11.8 Å². The fraction of sp³-hybridized carbons (Fsp3) is 0.375. The fourth-order valence-electron chi connectivity index (χ4n) is 3.53. The van der Waals surface area contributed by atoms with Crippen molar-refractivity contribution < 1.29 is 28.3 Å². The number of amides is 1. The maximum atomic E-state index is 12.6. The molecule has 2 aromatic heterocycles. The average Bonchev–Trinajstić information content (AvgIpc) is 3.37. The summed E-state index contributed by atoms with van der Waals surface area (Å²) in [6, 6.07) is 8.24. The average molecular weight is 466 g/mol. The van der Waals surface area contributed by atoms with Gasteiger partial charge in [-0.3, -0.25) is 9.78 Å². The topological polar surface area (TPSA) is 117 Å². The van der Waals surface area contributed by atoms with E-state index in [0.29, 0.717) is 29.5 Å². The number of pyridine rings is 1. The Morgan fingerprint density at radius 1 is 1.09 bits per heavy atom. The molecule has 178 valence electrons. The molecule has 0 N–H and O–H groups in total. The van der Waals surface area contributed by atoms with Gasteiger partial charge < -0.3 is 23.6 Å². The Balaban J connectivity index is 1.35. The second-order valence-electron chi connectivity index (χ2n) is 7.65. The number of benzene rings is 1. The van der Waals surface area contributed by atoms with Gasteiger partial charge in [0.05, 0.1) is 12.2 Å². The fourth-order valence-corrected chi connectivity index (χ4v) is 3.53. The Labute approximate surface area is 196 Å². The van der Waals surface area contributed by atoms with Crippen molar-refractivity contribution in [2.75, 3.05) is 26.3 Å². The molecule has 1 fully saturated rings. The number of likely N-dealkylation sites (tertiary alicyclic amines) is 1. The standard InChI is InChI=1S/C24H26N4O6/c1-2-31-20-13-17(8-9-19(20)32-16-22(29)28-11-4-3-5-12-28)24(30)33-15-21-26-23(27-34-21)18-7-6-10-25-14-18/h6-10,13-14H,2-5,11-12,15-16H2,1H3. The molecule has 4 rings (SSSR count). The van der Waals surface area contributed by atoms with Gasteiger partial charge in [-0.15, -0.1) is 0 Å². The number of hydrogen-bond donors (Lipinski definition) is 0. The van der Waals surface area contributed by atoms with E-state index in [1.54, 1.807) is 36.7 Å². The summed E-state index contributed by atoms with van der Waals surface area (Å²) in [6.45, 7) is 3.44. The molecule has 1 aromatic carbocycles. The normalized spacial score (nSPS) is 13.4. The van der Waals surface area contributed by atoms with Crippen molar-refractivity contribution in [1.82, 2.24) is 20.0 Å². The molecule has 0 saturated carbocycles. The smallest absolute Gasteiger partial charge is 0.338 e. The molecule has 1 aliphatic rings. The van der Waals surface area contributed by atoms with Gasteiger partial charge in [-0.2, -0.15) is 4.98 Å². The van der Waals surface area contributed by atoms with Crippen LogP contribution in [0.15, 0.2) is 47.2 Å². The van der Waals surface area contributed by atoms with Gasteiger partial charge in [0, 0.05) is 31.0 Å². The first kappa shape index (κ1) is 23.2. The van der Waals surface area contributed by atoms with E-state index in [4.69, 9.17) is 18.7 Å². The maximum absolute atomic E-state index is 12.6. The number of esters is 1. The van der Waals surface area contributed by atoms with Gasteiger partial charge in [0.2, 0.25) is 5.82 Å². The molecule has 0 unspecified atom stereocenters. The summed E-state index contributed by atoms with van der Waals surface area (Å²) in [4.78, 5) is 35.0. The van der Waals surface area contributed by atoms with Gasteiger partial charge in [0.1, 0.15) is 0 Å². The lowest BCUT2D eigenvalue weighted by Crippen LogP contribution is -2.38. The third-order valence-electron chi connectivity index (χ3n) is 5.25. The molecular weight excluding hydrogens is 440 g/mol. The number of hydrogen-bond acceptors (Lipinski definition) is 9. The van der Waals surface area contributed by atoms with Crippen LogP contribution in [-0.2, 0) is 16.1 Å². The summed E-state index contributed by atoms with van der Waals surface area (Å²) < 4.78 is 21.8. The van der Waals surface area contributed by atoms with Crippen molar-refractivity contribution in [2.24, 2.45) is 0 Å². The molecule has 10 heteroatoms. The largest absolute Gasteiger partial charge is 0.490 e. The van der Waals surface area contributed by atoms with Crippen LogP contribution in [0.25, 0.3) is 11.4 Å². The Bertz CT molecular complexity index is 1110. The summed E-state index contributed by atoms with van der Waals surface area (Å²) in [7, 11) is 0. The Kier molecular flexibility index (Phi) is 7.69. The van der Waals surface area contributed by atoms with E-state index in [-0.39, 0.29) is 30.6 Å². The summed E-state index contributed by atoms with van der Waals surface area (Å²) in [5.74, 6) is 0.627. The quantitative estimate of drug-likeness (QED) is 0.438. The Morgan fingerprint density at radius 2 is 1.94 bits per heavy atom. The summed E-state index contributed by atoms with van der Waals surface area (Å²) >= 11 is 0. The first-order chi connectivity index (χ1) is 16.6. The molecule has 0 aliphatic carbocycles. The van der Waals surface area contributed by atoms with E-state index >= 15 is 0 Å². The molecule has 34 heavy (non-hydrogen) atoms. The van der Waals surface area contributed by atoms with Gasteiger partial charge in [-0.05, 0) is 56.5 Å². The van der Waals surface area contributed by atoms with Crippen LogP contribution in [-0.4, -0.2) is 58.2 Å². The molecule has 1 saturated heterocycles. The highest BCUT2D eigenvalue weighted by Crippen LogP contribution is 2.29. The van der Waals surface area contributed by atoms with Crippen LogP contribution < -0.4 is 9.47 Å². The third kappa shape index (κ3) is 5.89. The van der Waals surface area contributed by atoms with Crippen molar-refractivity contribution in [3.8, 4) is 22.9 Å². The lowest BCUT2D eigenvalue weighted by atomic mass is 10.1. The van der Waals surface area contributed by atoms with Crippen LogP contribution in [0.1, 0.15) is 42.4 Å². The zero-order valence-corrected chi connectivity index (χ0v) is 18.9. The molecule has 1 amide bonds. The molecular formula is C24H26N4O6.